The molecule has 4 nitrogen and oxygen atoms in total. The van der Waals surface area contributed by atoms with Gasteiger partial charge in [0.05, 0.1) is 5.52 Å². The summed E-state index contributed by atoms with van der Waals surface area (Å²) in [6, 6.07) is 9.54. The van der Waals surface area contributed by atoms with Gasteiger partial charge in [0.1, 0.15) is 0 Å². The number of hydrogen-bond donors (Lipinski definition) is 2. The maximum atomic E-state index is 11.1. The van der Waals surface area contributed by atoms with Crippen LogP contribution in [-0.4, -0.2) is 22.1 Å². The van der Waals surface area contributed by atoms with Gasteiger partial charge in [0.25, 0.3) is 0 Å². The van der Waals surface area contributed by atoms with E-state index in [0.29, 0.717) is 11.6 Å². The molecule has 2 aromatic rings. The van der Waals surface area contributed by atoms with Crippen molar-refractivity contribution in [1.82, 2.24) is 4.98 Å². The molecule has 0 fully saturated rings. The van der Waals surface area contributed by atoms with E-state index in [2.05, 4.69) is 24.1 Å². The Labute approximate surface area is 112 Å². The standard InChI is InChI=1S/C15H18N2O2/c1-3-10(4-2)16-13-9-14(15(18)19)17-12-8-6-5-7-11(12)13/h5-10H,3-4H2,1-2H3,(H,16,17)(H,18,19). The molecule has 0 saturated heterocycles. The predicted molar refractivity (Wildman–Crippen MR) is 76.7 cm³/mol. The number of para-hydroxylation sites is 1. The van der Waals surface area contributed by atoms with Crippen LogP contribution in [0.3, 0.4) is 0 Å². The SMILES string of the molecule is CCC(CC)Nc1cc(C(=O)O)nc2ccccc12. The highest BCUT2D eigenvalue weighted by Crippen LogP contribution is 2.24. The van der Waals surface area contributed by atoms with E-state index in [1.807, 2.05) is 24.3 Å². The molecule has 0 unspecified atom stereocenters. The summed E-state index contributed by atoms with van der Waals surface area (Å²) in [5.41, 5.74) is 1.62. The zero-order valence-electron chi connectivity index (χ0n) is 11.2. The summed E-state index contributed by atoms with van der Waals surface area (Å²) >= 11 is 0. The smallest absolute Gasteiger partial charge is 0.354 e. The van der Waals surface area contributed by atoms with Gasteiger partial charge in [-0.05, 0) is 25.0 Å². The Morgan fingerprint density at radius 2 is 2.00 bits per heavy atom. The Kier molecular flexibility index (Phi) is 4.00. The molecule has 19 heavy (non-hydrogen) atoms. The Morgan fingerprint density at radius 3 is 2.63 bits per heavy atom. The quantitative estimate of drug-likeness (QED) is 0.861. The summed E-state index contributed by atoms with van der Waals surface area (Å²) in [6.07, 6.45) is 1.99. The summed E-state index contributed by atoms with van der Waals surface area (Å²) in [5, 5.41) is 13.5. The normalized spacial score (nSPS) is 10.9. The van der Waals surface area contributed by atoms with Crippen molar-refractivity contribution in [2.75, 3.05) is 5.32 Å². The third-order valence-electron chi connectivity index (χ3n) is 3.28. The third kappa shape index (κ3) is 2.84. The van der Waals surface area contributed by atoms with Crippen LogP contribution in [0.1, 0.15) is 37.2 Å². The minimum absolute atomic E-state index is 0.0761. The average molecular weight is 258 g/mol. The number of rotatable bonds is 5. The van der Waals surface area contributed by atoms with Crippen LogP contribution in [-0.2, 0) is 0 Å². The molecular formula is C15H18N2O2. The lowest BCUT2D eigenvalue weighted by Crippen LogP contribution is -2.17. The lowest BCUT2D eigenvalue weighted by Gasteiger charge is -2.18. The number of aromatic nitrogens is 1. The minimum atomic E-state index is -1.00. The molecule has 0 aliphatic heterocycles. The van der Waals surface area contributed by atoms with Gasteiger partial charge in [-0.2, -0.15) is 0 Å². The van der Waals surface area contributed by atoms with Gasteiger partial charge in [-0.1, -0.05) is 32.0 Å². The van der Waals surface area contributed by atoms with Crippen molar-refractivity contribution in [3.63, 3.8) is 0 Å². The van der Waals surface area contributed by atoms with Crippen LogP contribution in [0.25, 0.3) is 10.9 Å². The predicted octanol–water partition coefficient (Wildman–Crippen LogP) is 3.53. The second-order valence-corrected chi connectivity index (χ2v) is 4.54. The third-order valence-corrected chi connectivity index (χ3v) is 3.28. The molecule has 0 amide bonds. The van der Waals surface area contributed by atoms with E-state index in [1.165, 1.54) is 0 Å². The highest BCUT2D eigenvalue weighted by Gasteiger charge is 2.12. The lowest BCUT2D eigenvalue weighted by molar-refractivity contribution is 0.0691. The summed E-state index contributed by atoms with van der Waals surface area (Å²) in [7, 11) is 0. The Hall–Kier alpha value is -2.10. The van der Waals surface area contributed by atoms with Crippen LogP contribution in [0.5, 0.6) is 0 Å². The largest absolute Gasteiger partial charge is 0.477 e. The van der Waals surface area contributed by atoms with Gasteiger partial charge in [-0.3, -0.25) is 0 Å². The monoisotopic (exact) mass is 258 g/mol. The first kappa shape index (κ1) is 13.3. The van der Waals surface area contributed by atoms with E-state index < -0.39 is 5.97 Å². The van der Waals surface area contributed by atoms with Gasteiger partial charge in [0.2, 0.25) is 0 Å². The van der Waals surface area contributed by atoms with Gasteiger partial charge in [-0.25, -0.2) is 9.78 Å². The number of carbonyl (C=O) groups is 1. The highest BCUT2D eigenvalue weighted by atomic mass is 16.4. The van der Waals surface area contributed by atoms with Crippen molar-refractivity contribution in [2.24, 2.45) is 0 Å². The fourth-order valence-corrected chi connectivity index (χ4v) is 2.12. The lowest BCUT2D eigenvalue weighted by atomic mass is 10.1. The number of anilines is 1. The van der Waals surface area contributed by atoms with E-state index >= 15 is 0 Å². The first-order chi connectivity index (χ1) is 9.15. The summed E-state index contributed by atoms with van der Waals surface area (Å²) in [5.74, 6) is -1.00. The molecule has 100 valence electrons. The summed E-state index contributed by atoms with van der Waals surface area (Å²) in [4.78, 5) is 15.3. The van der Waals surface area contributed by atoms with Gasteiger partial charge in [0.15, 0.2) is 5.69 Å². The first-order valence-electron chi connectivity index (χ1n) is 6.55. The Balaban J connectivity index is 2.53. The molecule has 1 heterocycles. The number of pyridine rings is 1. The maximum Gasteiger partial charge on any atom is 0.354 e. The van der Waals surface area contributed by atoms with Gasteiger partial charge in [0, 0.05) is 17.1 Å². The van der Waals surface area contributed by atoms with E-state index in [0.717, 1.165) is 23.9 Å². The molecule has 1 aromatic carbocycles. The molecule has 0 spiro atoms. The van der Waals surface area contributed by atoms with E-state index in [-0.39, 0.29) is 5.69 Å². The molecule has 0 aliphatic rings. The Morgan fingerprint density at radius 1 is 1.32 bits per heavy atom. The van der Waals surface area contributed by atoms with Crippen LogP contribution < -0.4 is 5.32 Å². The Bertz CT molecular complexity index is 592. The molecule has 2 N–H and O–H groups in total. The van der Waals surface area contributed by atoms with Crippen molar-refractivity contribution < 1.29 is 9.90 Å². The van der Waals surface area contributed by atoms with Gasteiger partial charge in [-0.15, -0.1) is 0 Å². The second kappa shape index (κ2) is 5.69. The van der Waals surface area contributed by atoms with E-state index in [4.69, 9.17) is 5.11 Å². The number of nitrogens with zero attached hydrogens (tertiary/aromatic N) is 1. The number of carboxylic acids is 1. The van der Waals surface area contributed by atoms with Crippen molar-refractivity contribution >= 4 is 22.6 Å². The van der Waals surface area contributed by atoms with Crippen LogP contribution in [0.4, 0.5) is 5.69 Å². The minimum Gasteiger partial charge on any atom is -0.477 e. The zero-order chi connectivity index (χ0) is 13.8. The molecule has 2 rings (SSSR count). The second-order valence-electron chi connectivity index (χ2n) is 4.54. The van der Waals surface area contributed by atoms with Crippen molar-refractivity contribution in [2.45, 2.75) is 32.7 Å². The van der Waals surface area contributed by atoms with Gasteiger partial charge >= 0.3 is 5.97 Å². The molecule has 4 heteroatoms. The van der Waals surface area contributed by atoms with Crippen LogP contribution >= 0.6 is 0 Å². The van der Waals surface area contributed by atoms with Crippen molar-refractivity contribution in [1.29, 1.82) is 0 Å². The number of fused-ring (bicyclic) bond motifs is 1. The number of carboxylic acid groups (broad SMARTS) is 1. The summed E-state index contributed by atoms with van der Waals surface area (Å²) < 4.78 is 0. The molecule has 0 saturated carbocycles. The summed E-state index contributed by atoms with van der Waals surface area (Å²) in [6.45, 7) is 4.23. The van der Waals surface area contributed by atoms with Crippen LogP contribution in [0, 0.1) is 0 Å². The fourth-order valence-electron chi connectivity index (χ4n) is 2.12. The van der Waals surface area contributed by atoms with Crippen LogP contribution in [0.15, 0.2) is 30.3 Å². The number of aromatic carboxylic acids is 1. The molecule has 0 bridgehead atoms. The topological polar surface area (TPSA) is 62.2 Å². The highest BCUT2D eigenvalue weighted by molar-refractivity contribution is 5.97. The number of benzene rings is 1. The average Bonchev–Trinajstić information content (AvgIpc) is 2.44. The van der Waals surface area contributed by atoms with Gasteiger partial charge < -0.3 is 10.4 Å². The van der Waals surface area contributed by atoms with Crippen molar-refractivity contribution in [3.8, 4) is 0 Å². The van der Waals surface area contributed by atoms with Crippen molar-refractivity contribution in [3.05, 3.63) is 36.0 Å². The molecule has 0 atom stereocenters. The molecule has 0 radical (unpaired) electrons. The zero-order valence-corrected chi connectivity index (χ0v) is 11.2. The molecule has 0 aliphatic carbocycles. The van der Waals surface area contributed by atoms with Crippen LogP contribution in [0.2, 0.25) is 0 Å². The maximum absolute atomic E-state index is 11.1. The molecular weight excluding hydrogens is 240 g/mol. The first-order valence-corrected chi connectivity index (χ1v) is 6.55. The molecule has 1 aromatic heterocycles. The number of hydrogen-bond acceptors (Lipinski definition) is 3. The van der Waals surface area contributed by atoms with E-state index in [1.54, 1.807) is 6.07 Å². The number of nitrogens with one attached hydrogen (secondary N) is 1. The fraction of sp³-hybridized carbons (Fsp3) is 0.333. The van der Waals surface area contributed by atoms with E-state index in [9.17, 15) is 4.79 Å².